The van der Waals surface area contributed by atoms with E-state index in [-0.39, 0.29) is 4.90 Å². The van der Waals surface area contributed by atoms with Crippen LogP contribution in [0.2, 0.25) is 0 Å². The van der Waals surface area contributed by atoms with E-state index in [9.17, 15) is 8.42 Å². The minimum Gasteiger partial charge on any atom is -0.492 e. The van der Waals surface area contributed by atoms with Gasteiger partial charge in [0.2, 0.25) is 10.0 Å². The first-order chi connectivity index (χ1) is 12.9. The van der Waals surface area contributed by atoms with Crippen molar-refractivity contribution in [2.45, 2.75) is 11.8 Å². The molecule has 0 fully saturated rings. The number of nitrogens with two attached hydrogens (primary N) is 1. The van der Waals surface area contributed by atoms with Gasteiger partial charge < -0.3 is 10.1 Å². The average molecular weight is 383 g/mol. The highest BCUT2D eigenvalue weighted by atomic mass is 32.2. The van der Waals surface area contributed by atoms with Crippen molar-refractivity contribution in [3.8, 4) is 16.9 Å². The lowest BCUT2D eigenvalue weighted by Crippen LogP contribution is -2.13. The molecule has 3 rings (SSSR count). The summed E-state index contributed by atoms with van der Waals surface area (Å²) < 4.78 is 29.6. The summed E-state index contributed by atoms with van der Waals surface area (Å²) in [7, 11) is -3.81. The summed E-state index contributed by atoms with van der Waals surface area (Å²) in [5.41, 5.74) is 3.25. The molecule has 7 heteroatoms. The largest absolute Gasteiger partial charge is 0.492 e. The summed E-state index contributed by atoms with van der Waals surface area (Å²) in [6.45, 7) is 3.02. The Morgan fingerprint density at radius 3 is 2.56 bits per heavy atom. The van der Waals surface area contributed by atoms with Crippen LogP contribution in [0.25, 0.3) is 11.1 Å². The molecule has 1 heterocycles. The Morgan fingerprint density at radius 2 is 1.81 bits per heavy atom. The highest BCUT2D eigenvalue weighted by Gasteiger charge is 2.15. The summed E-state index contributed by atoms with van der Waals surface area (Å²) in [6, 6.07) is 16.1. The van der Waals surface area contributed by atoms with Gasteiger partial charge in [0.15, 0.2) is 0 Å². The molecule has 0 saturated carbocycles. The van der Waals surface area contributed by atoms with Gasteiger partial charge in [-0.2, -0.15) is 0 Å². The van der Waals surface area contributed by atoms with E-state index >= 15 is 0 Å². The molecule has 1 aromatic heterocycles. The second-order valence-electron chi connectivity index (χ2n) is 6.09. The number of sulfonamides is 1. The SMILES string of the molecule is Cc1cc(OCCNc2ccncc2)cc(-c2ccccc2S(N)(=O)=O)c1. The summed E-state index contributed by atoms with van der Waals surface area (Å²) in [4.78, 5) is 4.07. The van der Waals surface area contributed by atoms with Crippen LogP contribution in [0.15, 0.2) is 71.9 Å². The van der Waals surface area contributed by atoms with Gasteiger partial charge in [-0.15, -0.1) is 0 Å². The van der Waals surface area contributed by atoms with E-state index in [4.69, 9.17) is 9.88 Å². The summed E-state index contributed by atoms with van der Waals surface area (Å²) >= 11 is 0. The maximum atomic E-state index is 11.9. The normalized spacial score (nSPS) is 11.2. The number of aromatic nitrogens is 1. The van der Waals surface area contributed by atoms with Crippen molar-refractivity contribution in [1.29, 1.82) is 0 Å². The molecule has 3 aromatic rings. The van der Waals surface area contributed by atoms with Crippen molar-refractivity contribution in [3.05, 3.63) is 72.6 Å². The maximum absolute atomic E-state index is 11.9. The van der Waals surface area contributed by atoms with E-state index in [1.165, 1.54) is 6.07 Å². The van der Waals surface area contributed by atoms with Crippen LogP contribution < -0.4 is 15.2 Å². The predicted octanol–water partition coefficient (Wildman–Crippen LogP) is 3.20. The van der Waals surface area contributed by atoms with Crippen LogP contribution in [-0.2, 0) is 10.0 Å². The van der Waals surface area contributed by atoms with E-state index in [1.807, 2.05) is 37.3 Å². The zero-order valence-electron chi connectivity index (χ0n) is 14.9. The number of ether oxygens (including phenoxy) is 1. The van der Waals surface area contributed by atoms with E-state index in [1.54, 1.807) is 30.6 Å². The van der Waals surface area contributed by atoms with Crippen LogP contribution in [-0.4, -0.2) is 26.6 Å². The molecular weight excluding hydrogens is 362 g/mol. The molecule has 27 heavy (non-hydrogen) atoms. The number of anilines is 1. The van der Waals surface area contributed by atoms with Crippen molar-refractivity contribution in [3.63, 3.8) is 0 Å². The predicted molar refractivity (Wildman–Crippen MR) is 106 cm³/mol. The zero-order valence-corrected chi connectivity index (χ0v) is 15.7. The van der Waals surface area contributed by atoms with Crippen LogP contribution in [0.4, 0.5) is 5.69 Å². The molecule has 0 spiro atoms. The maximum Gasteiger partial charge on any atom is 0.238 e. The smallest absolute Gasteiger partial charge is 0.238 e. The third-order valence-electron chi connectivity index (χ3n) is 3.94. The number of hydrogen-bond acceptors (Lipinski definition) is 5. The van der Waals surface area contributed by atoms with Crippen LogP contribution in [0.3, 0.4) is 0 Å². The Kier molecular flexibility index (Phi) is 5.73. The molecule has 140 valence electrons. The Labute approximate surface area is 159 Å². The number of pyridine rings is 1. The molecule has 0 aliphatic heterocycles. The first kappa shape index (κ1) is 18.9. The van der Waals surface area contributed by atoms with Crippen molar-refractivity contribution in [1.82, 2.24) is 4.98 Å². The third kappa shape index (κ3) is 5.06. The number of nitrogens with zero attached hydrogens (tertiary/aromatic N) is 1. The van der Waals surface area contributed by atoms with Gasteiger partial charge in [-0.3, -0.25) is 4.98 Å². The first-order valence-electron chi connectivity index (χ1n) is 8.44. The Hall–Kier alpha value is -2.90. The molecule has 0 radical (unpaired) electrons. The molecule has 3 N–H and O–H groups in total. The summed E-state index contributed by atoms with van der Waals surface area (Å²) in [5.74, 6) is 0.672. The van der Waals surface area contributed by atoms with E-state index in [0.29, 0.717) is 24.5 Å². The Balaban J connectivity index is 1.76. The van der Waals surface area contributed by atoms with Crippen molar-refractivity contribution >= 4 is 15.7 Å². The van der Waals surface area contributed by atoms with Crippen LogP contribution in [0.5, 0.6) is 5.75 Å². The minimum absolute atomic E-state index is 0.0981. The van der Waals surface area contributed by atoms with Crippen molar-refractivity contribution in [2.24, 2.45) is 5.14 Å². The molecular formula is C20H21N3O3S. The fourth-order valence-corrected chi connectivity index (χ4v) is 3.53. The third-order valence-corrected chi connectivity index (χ3v) is 4.90. The summed E-state index contributed by atoms with van der Waals surface area (Å²) in [6.07, 6.45) is 3.44. The van der Waals surface area contributed by atoms with Gasteiger partial charge >= 0.3 is 0 Å². The number of nitrogens with one attached hydrogen (secondary N) is 1. The van der Waals surface area contributed by atoms with Crippen molar-refractivity contribution in [2.75, 3.05) is 18.5 Å². The second-order valence-corrected chi connectivity index (χ2v) is 7.62. The molecule has 0 amide bonds. The molecule has 0 unspecified atom stereocenters. The van der Waals surface area contributed by atoms with Gasteiger partial charge in [-0.25, -0.2) is 13.6 Å². The van der Waals surface area contributed by atoms with E-state index in [0.717, 1.165) is 16.8 Å². The van der Waals surface area contributed by atoms with Gasteiger partial charge in [-0.05, 0) is 48.4 Å². The molecule has 0 aliphatic carbocycles. The topological polar surface area (TPSA) is 94.3 Å². The number of primary sulfonamides is 1. The van der Waals surface area contributed by atoms with E-state index in [2.05, 4.69) is 10.3 Å². The van der Waals surface area contributed by atoms with Gasteiger partial charge in [-0.1, -0.05) is 24.3 Å². The standard InChI is InChI=1S/C20H21N3O3S/c1-15-12-16(19-4-2-3-5-20(19)27(21,24)25)14-18(13-15)26-11-10-23-17-6-8-22-9-7-17/h2-9,12-14H,10-11H2,1H3,(H,22,23)(H2,21,24,25). The Bertz CT molecular complexity index is 1020. The summed E-state index contributed by atoms with van der Waals surface area (Å²) in [5, 5.41) is 8.60. The van der Waals surface area contributed by atoms with Crippen molar-refractivity contribution < 1.29 is 13.2 Å². The quantitative estimate of drug-likeness (QED) is 0.611. The molecule has 0 aliphatic rings. The first-order valence-corrected chi connectivity index (χ1v) is 9.99. The Morgan fingerprint density at radius 1 is 1.07 bits per heavy atom. The molecule has 2 aromatic carbocycles. The van der Waals surface area contributed by atoms with E-state index < -0.39 is 10.0 Å². The number of aryl methyl sites for hydroxylation is 1. The zero-order chi connectivity index (χ0) is 19.3. The number of rotatable bonds is 7. The fourth-order valence-electron chi connectivity index (χ4n) is 2.77. The molecule has 6 nitrogen and oxygen atoms in total. The number of benzene rings is 2. The molecule has 0 atom stereocenters. The van der Waals surface area contributed by atoms with Crippen LogP contribution >= 0.6 is 0 Å². The average Bonchev–Trinajstić information content (AvgIpc) is 2.65. The monoisotopic (exact) mass is 383 g/mol. The minimum atomic E-state index is -3.81. The fraction of sp³-hybridized carbons (Fsp3) is 0.150. The molecule has 0 bridgehead atoms. The highest BCUT2D eigenvalue weighted by molar-refractivity contribution is 7.89. The van der Waals surface area contributed by atoms with Crippen LogP contribution in [0, 0.1) is 6.92 Å². The van der Waals surface area contributed by atoms with Gasteiger partial charge in [0.25, 0.3) is 0 Å². The van der Waals surface area contributed by atoms with Gasteiger partial charge in [0, 0.05) is 30.2 Å². The van der Waals surface area contributed by atoms with Gasteiger partial charge in [0.05, 0.1) is 4.90 Å². The lowest BCUT2D eigenvalue weighted by atomic mass is 10.0. The van der Waals surface area contributed by atoms with Crippen LogP contribution in [0.1, 0.15) is 5.56 Å². The highest BCUT2D eigenvalue weighted by Crippen LogP contribution is 2.30. The molecule has 0 saturated heterocycles. The van der Waals surface area contributed by atoms with Gasteiger partial charge in [0.1, 0.15) is 12.4 Å². The number of hydrogen-bond donors (Lipinski definition) is 2. The lowest BCUT2D eigenvalue weighted by Gasteiger charge is -2.13. The lowest BCUT2D eigenvalue weighted by molar-refractivity contribution is 0.333. The second kappa shape index (κ2) is 8.20.